The Balaban J connectivity index is 1.27. The monoisotopic (exact) mass is 648 g/mol. The zero-order valence-electron chi connectivity index (χ0n) is 28.9. The number of esters is 1. The molecule has 0 unspecified atom stereocenters. The fourth-order valence-electron chi connectivity index (χ4n) is 5.64. The van der Waals surface area contributed by atoms with Crippen LogP contribution in [0.3, 0.4) is 0 Å². The number of hydrogen-bond acceptors (Lipinski definition) is 5. The highest BCUT2D eigenvalue weighted by atomic mass is 32.1. The van der Waals surface area contributed by atoms with E-state index in [9.17, 15) is 4.79 Å². The molecule has 0 spiro atoms. The molecule has 3 aromatic rings. The molecule has 46 heavy (non-hydrogen) atoms. The van der Waals surface area contributed by atoms with E-state index in [1.54, 1.807) is 12.1 Å². The standard InChI is InChI=1S/C41H60O4S/c1-3-5-7-9-11-13-15-17-19-21-33-43-36-25-23-35(24-26-36)39-31-32-40(46-39)41(42)45-38-29-27-37(28-30-38)44-34-22-20-18-16-14-12-10-8-6-4-2/h23-32H,3-22,33-34H2,1-2H3. The summed E-state index contributed by atoms with van der Waals surface area (Å²) < 4.78 is 17.5. The first-order chi connectivity index (χ1) is 22.7. The molecule has 5 heteroatoms. The van der Waals surface area contributed by atoms with Gasteiger partial charge in [0.25, 0.3) is 0 Å². The van der Waals surface area contributed by atoms with E-state index in [2.05, 4.69) is 26.0 Å². The highest BCUT2D eigenvalue weighted by Crippen LogP contribution is 2.30. The van der Waals surface area contributed by atoms with Crippen molar-refractivity contribution >= 4 is 17.3 Å². The lowest BCUT2D eigenvalue weighted by Gasteiger charge is -2.08. The van der Waals surface area contributed by atoms with Crippen molar-refractivity contribution in [1.82, 2.24) is 0 Å². The van der Waals surface area contributed by atoms with Gasteiger partial charge < -0.3 is 14.2 Å². The van der Waals surface area contributed by atoms with Gasteiger partial charge in [0.05, 0.1) is 13.2 Å². The molecule has 0 fully saturated rings. The third kappa shape index (κ3) is 16.2. The molecule has 0 amide bonds. The second-order valence-electron chi connectivity index (χ2n) is 12.6. The van der Waals surface area contributed by atoms with Crippen LogP contribution in [0.25, 0.3) is 10.4 Å². The fraction of sp³-hybridized carbons (Fsp3) is 0.585. The van der Waals surface area contributed by atoms with E-state index in [-0.39, 0.29) is 5.97 Å². The van der Waals surface area contributed by atoms with Gasteiger partial charge in [0.2, 0.25) is 0 Å². The first-order valence-electron chi connectivity index (χ1n) is 18.5. The number of unbranched alkanes of at least 4 members (excludes halogenated alkanes) is 18. The number of benzene rings is 2. The minimum atomic E-state index is -0.341. The van der Waals surface area contributed by atoms with Crippen LogP contribution in [0.2, 0.25) is 0 Å². The summed E-state index contributed by atoms with van der Waals surface area (Å²) in [5.74, 6) is 1.89. The van der Waals surface area contributed by atoms with Gasteiger partial charge in [-0.05, 0) is 79.1 Å². The van der Waals surface area contributed by atoms with E-state index in [0.717, 1.165) is 48.0 Å². The molecule has 0 aliphatic rings. The van der Waals surface area contributed by atoms with Crippen LogP contribution in [0.1, 0.15) is 152 Å². The zero-order chi connectivity index (χ0) is 32.5. The van der Waals surface area contributed by atoms with Gasteiger partial charge in [-0.15, -0.1) is 11.3 Å². The predicted octanol–water partition coefficient (Wildman–Crippen LogP) is 13.2. The summed E-state index contributed by atoms with van der Waals surface area (Å²) >= 11 is 1.44. The van der Waals surface area contributed by atoms with Crippen molar-refractivity contribution < 1.29 is 19.0 Å². The van der Waals surface area contributed by atoms with Crippen LogP contribution >= 0.6 is 11.3 Å². The molecule has 0 radical (unpaired) electrons. The molecular formula is C41H60O4S. The topological polar surface area (TPSA) is 44.8 Å². The Morgan fingerprint density at radius 2 is 0.870 bits per heavy atom. The van der Waals surface area contributed by atoms with Gasteiger partial charge in [-0.25, -0.2) is 4.79 Å². The van der Waals surface area contributed by atoms with Crippen molar-refractivity contribution in [3.8, 4) is 27.7 Å². The van der Waals surface area contributed by atoms with Gasteiger partial charge in [0, 0.05) is 4.88 Å². The maximum atomic E-state index is 12.8. The Labute approximate surface area is 284 Å². The molecule has 0 saturated carbocycles. The van der Waals surface area contributed by atoms with Crippen molar-refractivity contribution in [3.05, 3.63) is 65.5 Å². The van der Waals surface area contributed by atoms with Gasteiger partial charge in [-0.2, -0.15) is 0 Å². The summed E-state index contributed by atoms with van der Waals surface area (Å²) in [5, 5.41) is 0. The number of hydrogen-bond donors (Lipinski definition) is 0. The Kier molecular flexibility index (Phi) is 20.0. The molecule has 0 atom stereocenters. The minimum absolute atomic E-state index is 0.341. The lowest BCUT2D eigenvalue weighted by Crippen LogP contribution is -2.06. The lowest BCUT2D eigenvalue weighted by molar-refractivity contribution is 0.0739. The summed E-state index contributed by atoms with van der Waals surface area (Å²) in [4.78, 5) is 14.4. The third-order valence-electron chi connectivity index (χ3n) is 8.51. The molecule has 254 valence electrons. The Morgan fingerprint density at radius 3 is 1.33 bits per heavy atom. The molecule has 4 nitrogen and oxygen atoms in total. The summed E-state index contributed by atoms with van der Waals surface area (Å²) in [6.45, 7) is 6.02. The number of carbonyl (C=O) groups is 1. The number of ether oxygens (including phenoxy) is 3. The average molecular weight is 649 g/mol. The van der Waals surface area contributed by atoms with E-state index in [1.807, 2.05) is 36.4 Å². The molecule has 0 aliphatic heterocycles. The van der Waals surface area contributed by atoms with Crippen molar-refractivity contribution in [3.63, 3.8) is 0 Å². The Bertz CT molecular complexity index is 1170. The summed E-state index contributed by atoms with van der Waals surface area (Å²) in [6, 6.07) is 19.3. The number of carbonyl (C=O) groups excluding carboxylic acids is 1. The quantitative estimate of drug-likeness (QED) is 0.0469. The van der Waals surface area contributed by atoms with E-state index in [4.69, 9.17) is 14.2 Å². The van der Waals surface area contributed by atoms with Gasteiger partial charge in [-0.1, -0.05) is 129 Å². The summed E-state index contributed by atoms with van der Waals surface area (Å²) in [5.41, 5.74) is 1.07. The minimum Gasteiger partial charge on any atom is -0.494 e. The smallest absolute Gasteiger partial charge is 0.353 e. The average Bonchev–Trinajstić information content (AvgIpc) is 3.58. The molecule has 0 saturated heterocycles. The van der Waals surface area contributed by atoms with Crippen molar-refractivity contribution in [2.45, 2.75) is 142 Å². The molecule has 2 aromatic carbocycles. The summed E-state index contributed by atoms with van der Waals surface area (Å²) in [7, 11) is 0. The molecule has 1 heterocycles. The first kappa shape index (κ1) is 37.7. The maximum Gasteiger partial charge on any atom is 0.353 e. The molecule has 1 aromatic heterocycles. The van der Waals surface area contributed by atoms with Crippen LogP contribution in [0.4, 0.5) is 0 Å². The van der Waals surface area contributed by atoms with Crippen LogP contribution < -0.4 is 14.2 Å². The zero-order valence-corrected chi connectivity index (χ0v) is 29.7. The van der Waals surface area contributed by atoms with Gasteiger partial charge in [0.15, 0.2) is 0 Å². The fourth-order valence-corrected chi connectivity index (χ4v) is 6.53. The van der Waals surface area contributed by atoms with E-state index < -0.39 is 0 Å². The van der Waals surface area contributed by atoms with Gasteiger partial charge >= 0.3 is 5.97 Å². The van der Waals surface area contributed by atoms with Crippen LogP contribution in [0.5, 0.6) is 17.2 Å². The van der Waals surface area contributed by atoms with Crippen LogP contribution in [0.15, 0.2) is 60.7 Å². The van der Waals surface area contributed by atoms with E-state index >= 15 is 0 Å². The van der Waals surface area contributed by atoms with Crippen molar-refractivity contribution in [2.75, 3.05) is 13.2 Å². The van der Waals surface area contributed by atoms with Gasteiger partial charge in [-0.3, -0.25) is 0 Å². The molecule has 0 N–H and O–H groups in total. The second kappa shape index (κ2) is 24.4. The van der Waals surface area contributed by atoms with Crippen LogP contribution in [-0.4, -0.2) is 19.2 Å². The first-order valence-corrected chi connectivity index (χ1v) is 19.3. The van der Waals surface area contributed by atoms with Gasteiger partial charge in [0.1, 0.15) is 22.1 Å². The number of thiophene rings is 1. The highest BCUT2D eigenvalue weighted by molar-refractivity contribution is 7.17. The largest absolute Gasteiger partial charge is 0.494 e. The van der Waals surface area contributed by atoms with E-state index in [0.29, 0.717) is 10.6 Å². The van der Waals surface area contributed by atoms with Crippen LogP contribution in [-0.2, 0) is 0 Å². The molecule has 3 rings (SSSR count). The highest BCUT2D eigenvalue weighted by Gasteiger charge is 2.13. The Morgan fingerprint density at radius 1 is 0.478 bits per heavy atom. The molecule has 0 bridgehead atoms. The van der Waals surface area contributed by atoms with Crippen LogP contribution in [0, 0.1) is 0 Å². The van der Waals surface area contributed by atoms with E-state index in [1.165, 1.54) is 127 Å². The molecular weight excluding hydrogens is 589 g/mol. The summed E-state index contributed by atoms with van der Waals surface area (Å²) in [6.07, 6.45) is 26.4. The third-order valence-corrected chi connectivity index (χ3v) is 9.63. The van der Waals surface area contributed by atoms with Crippen molar-refractivity contribution in [2.24, 2.45) is 0 Å². The SMILES string of the molecule is CCCCCCCCCCCCOc1ccc(OC(=O)c2ccc(-c3ccc(OCCCCCCCCCCCC)cc3)s2)cc1. The molecule has 0 aliphatic carbocycles. The predicted molar refractivity (Wildman–Crippen MR) is 196 cm³/mol. The second-order valence-corrected chi connectivity index (χ2v) is 13.7. The maximum absolute atomic E-state index is 12.8. The normalized spacial score (nSPS) is 11.1. The number of rotatable bonds is 27. The van der Waals surface area contributed by atoms with Crippen molar-refractivity contribution in [1.29, 1.82) is 0 Å². The Hall–Kier alpha value is -2.79. The lowest BCUT2D eigenvalue weighted by atomic mass is 10.1.